The molecule has 0 fully saturated rings. The maximum absolute atomic E-state index is 10.9. The summed E-state index contributed by atoms with van der Waals surface area (Å²) in [5, 5.41) is 27.5. The maximum Gasteiger partial charge on any atom is 0.272 e. The lowest BCUT2D eigenvalue weighted by molar-refractivity contribution is -0.385. The van der Waals surface area contributed by atoms with E-state index in [9.17, 15) is 10.1 Å². The zero-order valence-electron chi connectivity index (χ0n) is 14.3. The average Bonchev–Trinajstić information content (AvgIpc) is 2.59. The Bertz CT molecular complexity index is 815. The van der Waals surface area contributed by atoms with Crippen molar-refractivity contribution < 1.29 is 9.66 Å². The van der Waals surface area contributed by atoms with E-state index in [2.05, 4.69) is 0 Å². The first kappa shape index (κ1) is 18.3. The first-order valence-electron chi connectivity index (χ1n) is 8.06. The van der Waals surface area contributed by atoms with Gasteiger partial charge >= 0.3 is 0 Å². The quantitative estimate of drug-likeness (QED) is 0.420. The molecule has 2 aromatic carbocycles. The number of nitrogens with one attached hydrogen (secondary N) is 2. The molecule has 0 aliphatic heterocycles. The van der Waals surface area contributed by atoms with E-state index in [4.69, 9.17) is 15.6 Å². The number of nitro groups is 1. The number of benzene rings is 2. The van der Waals surface area contributed by atoms with Crippen LogP contribution in [0.3, 0.4) is 0 Å². The van der Waals surface area contributed by atoms with E-state index < -0.39 is 4.92 Å². The number of ether oxygens (including phenoxy) is 1. The number of hydrogen-bond donors (Lipinski definition) is 2. The molecule has 25 heavy (non-hydrogen) atoms. The van der Waals surface area contributed by atoms with E-state index in [0.29, 0.717) is 29.0 Å². The van der Waals surface area contributed by atoms with Crippen LogP contribution in [-0.2, 0) is 0 Å². The third-order valence-corrected chi connectivity index (χ3v) is 3.77. The van der Waals surface area contributed by atoms with Gasteiger partial charge in [0.25, 0.3) is 5.69 Å². The van der Waals surface area contributed by atoms with Gasteiger partial charge in [0.1, 0.15) is 5.75 Å². The van der Waals surface area contributed by atoms with Crippen molar-refractivity contribution in [1.29, 1.82) is 10.8 Å². The molecular weight excluding hydrogens is 318 g/mol. The Morgan fingerprint density at radius 1 is 1.16 bits per heavy atom. The number of rotatable bonds is 8. The zero-order valence-corrected chi connectivity index (χ0v) is 14.3. The van der Waals surface area contributed by atoms with Crippen molar-refractivity contribution in [3.8, 4) is 5.75 Å². The summed E-state index contributed by atoms with van der Waals surface area (Å²) < 4.78 is 5.67. The second-order valence-corrected chi connectivity index (χ2v) is 5.74. The van der Waals surface area contributed by atoms with E-state index >= 15 is 0 Å². The van der Waals surface area contributed by atoms with Crippen LogP contribution < -0.4 is 4.74 Å². The van der Waals surface area contributed by atoms with Gasteiger partial charge in [-0.15, -0.1) is 0 Å². The third kappa shape index (κ3) is 4.50. The lowest BCUT2D eigenvalue weighted by Gasteiger charge is -2.12. The molecule has 2 aromatic rings. The predicted molar refractivity (Wildman–Crippen MR) is 98.3 cm³/mol. The number of nitro benzene ring substituents is 1. The van der Waals surface area contributed by atoms with Crippen LogP contribution >= 0.6 is 0 Å². The van der Waals surface area contributed by atoms with Crippen molar-refractivity contribution in [1.82, 2.24) is 0 Å². The minimum atomic E-state index is -0.438. The summed E-state index contributed by atoms with van der Waals surface area (Å²) in [5.41, 5.74) is 2.32. The van der Waals surface area contributed by atoms with Crippen LogP contribution in [0, 0.1) is 27.9 Å². The molecule has 0 radical (unpaired) electrons. The van der Waals surface area contributed by atoms with Gasteiger partial charge in [0, 0.05) is 35.0 Å². The highest BCUT2D eigenvalue weighted by Gasteiger charge is 2.15. The standard InChI is InChI=1S/C19H21N3O3/c1-3-10-25-19-7-5-4-6-15(19)17(21)12-16(20)14-8-9-18(22(23)24)13(2)11-14/h4-9,11,20-21H,3,10,12H2,1-2H3. The van der Waals surface area contributed by atoms with E-state index in [0.717, 1.165) is 6.42 Å². The van der Waals surface area contributed by atoms with Crippen LogP contribution in [0.1, 0.15) is 36.5 Å². The highest BCUT2D eigenvalue weighted by Crippen LogP contribution is 2.23. The molecule has 0 bridgehead atoms. The molecule has 6 nitrogen and oxygen atoms in total. The Morgan fingerprint density at radius 3 is 2.52 bits per heavy atom. The fourth-order valence-electron chi connectivity index (χ4n) is 2.48. The summed E-state index contributed by atoms with van der Waals surface area (Å²) in [7, 11) is 0. The number of para-hydroxylation sites is 1. The lowest BCUT2D eigenvalue weighted by atomic mass is 9.98. The number of aryl methyl sites for hydroxylation is 1. The molecule has 0 aromatic heterocycles. The molecule has 2 rings (SSSR count). The van der Waals surface area contributed by atoms with E-state index in [1.165, 1.54) is 6.07 Å². The summed E-state index contributed by atoms with van der Waals surface area (Å²) in [6.45, 7) is 4.23. The second-order valence-electron chi connectivity index (χ2n) is 5.74. The molecule has 0 atom stereocenters. The first-order chi connectivity index (χ1) is 11.9. The first-order valence-corrected chi connectivity index (χ1v) is 8.06. The van der Waals surface area contributed by atoms with Gasteiger partial charge in [0.15, 0.2) is 0 Å². The molecule has 0 aliphatic rings. The van der Waals surface area contributed by atoms with Gasteiger partial charge in [0.2, 0.25) is 0 Å². The fraction of sp³-hybridized carbons (Fsp3) is 0.263. The van der Waals surface area contributed by atoms with Crippen molar-refractivity contribution >= 4 is 17.1 Å². The summed E-state index contributed by atoms with van der Waals surface area (Å²) >= 11 is 0. The molecule has 0 saturated carbocycles. The normalized spacial score (nSPS) is 10.3. The molecule has 130 valence electrons. The molecule has 0 aliphatic carbocycles. The average molecular weight is 339 g/mol. The van der Waals surface area contributed by atoms with Crippen molar-refractivity contribution in [2.75, 3.05) is 6.61 Å². The summed E-state index contributed by atoms with van der Waals surface area (Å²) in [6.07, 6.45) is 1.00. The van der Waals surface area contributed by atoms with E-state index in [1.54, 1.807) is 19.1 Å². The van der Waals surface area contributed by atoms with Gasteiger partial charge in [-0.3, -0.25) is 10.1 Å². The molecule has 6 heteroatoms. The highest BCUT2D eigenvalue weighted by molar-refractivity contribution is 6.16. The molecule has 0 saturated heterocycles. The second kappa shape index (κ2) is 8.19. The van der Waals surface area contributed by atoms with Gasteiger partial charge in [-0.05, 0) is 43.2 Å². The Morgan fingerprint density at radius 2 is 1.88 bits per heavy atom. The van der Waals surface area contributed by atoms with Crippen LogP contribution in [0.25, 0.3) is 0 Å². The molecular formula is C19H21N3O3. The molecule has 2 N–H and O–H groups in total. The predicted octanol–water partition coefficient (Wildman–Crippen LogP) is 4.52. The minimum Gasteiger partial charge on any atom is -0.493 e. The SMILES string of the molecule is CCCOc1ccccc1C(=N)CC(=N)c1ccc([N+](=O)[O-])c(C)c1. The summed E-state index contributed by atoms with van der Waals surface area (Å²) in [4.78, 5) is 10.5. The van der Waals surface area contributed by atoms with Gasteiger partial charge in [0.05, 0.1) is 11.5 Å². The Hall–Kier alpha value is -3.02. The van der Waals surface area contributed by atoms with Gasteiger partial charge in [-0.25, -0.2) is 0 Å². The van der Waals surface area contributed by atoms with Crippen LogP contribution in [0.4, 0.5) is 5.69 Å². The number of nitrogens with zero attached hydrogens (tertiary/aromatic N) is 1. The van der Waals surface area contributed by atoms with Gasteiger partial charge < -0.3 is 15.6 Å². The van der Waals surface area contributed by atoms with Gasteiger partial charge in [-0.2, -0.15) is 0 Å². The number of hydrogen-bond acceptors (Lipinski definition) is 5. The van der Waals surface area contributed by atoms with Gasteiger partial charge in [-0.1, -0.05) is 19.1 Å². The Balaban J connectivity index is 2.17. The highest BCUT2D eigenvalue weighted by atomic mass is 16.6. The van der Waals surface area contributed by atoms with Crippen molar-refractivity contribution in [3.63, 3.8) is 0 Å². The zero-order chi connectivity index (χ0) is 18.4. The minimum absolute atomic E-state index is 0.0323. The lowest BCUT2D eigenvalue weighted by Crippen LogP contribution is -2.11. The van der Waals surface area contributed by atoms with E-state index in [-0.39, 0.29) is 23.5 Å². The maximum atomic E-state index is 10.9. The monoisotopic (exact) mass is 339 g/mol. The largest absolute Gasteiger partial charge is 0.493 e. The topological polar surface area (TPSA) is 100 Å². The van der Waals surface area contributed by atoms with Crippen LogP contribution in [0.15, 0.2) is 42.5 Å². The van der Waals surface area contributed by atoms with Crippen LogP contribution in [0.2, 0.25) is 0 Å². The third-order valence-electron chi connectivity index (χ3n) is 3.77. The Labute approximate surface area is 146 Å². The van der Waals surface area contributed by atoms with Crippen molar-refractivity contribution in [2.24, 2.45) is 0 Å². The summed E-state index contributed by atoms with van der Waals surface area (Å²) in [6, 6.07) is 11.9. The molecule has 0 spiro atoms. The fourth-order valence-corrected chi connectivity index (χ4v) is 2.48. The van der Waals surface area contributed by atoms with E-state index in [1.807, 2.05) is 31.2 Å². The molecule has 0 unspecified atom stereocenters. The summed E-state index contributed by atoms with van der Waals surface area (Å²) in [5.74, 6) is 0.641. The van der Waals surface area contributed by atoms with Crippen molar-refractivity contribution in [2.45, 2.75) is 26.7 Å². The van der Waals surface area contributed by atoms with Crippen LogP contribution in [-0.4, -0.2) is 23.0 Å². The molecule has 0 amide bonds. The molecule has 0 heterocycles. The van der Waals surface area contributed by atoms with Crippen molar-refractivity contribution in [3.05, 3.63) is 69.3 Å². The smallest absolute Gasteiger partial charge is 0.272 e. The van der Waals surface area contributed by atoms with Crippen LogP contribution in [0.5, 0.6) is 5.75 Å². The Kier molecular flexibility index (Phi) is 6.00.